The Morgan fingerprint density at radius 2 is 1.76 bits per heavy atom. The van der Waals surface area contributed by atoms with Crippen molar-refractivity contribution < 1.29 is 33.3 Å². The van der Waals surface area contributed by atoms with E-state index in [1.807, 2.05) is 26.2 Å². The van der Waals surface area contributed by atoms with E-state index in [-0.39, 0.29) is 22.9 Å². The molecule has 11 nitrogen and oxygen atoms in total. The van der Waals surface area contributed by atoms with E-state index in [1.54, 1.807) is 38.1 Å². The summed E-state index contributed by atoms with van der Waals surface area (Å²) in [5, 5.41) is 8.99. The first kappa shape index (κ1) is 35.5. The van der Waals surface area contributed by atoms with Crippen LogP contribution in [-0.2, 0) is 25.5 Å². The van der Waals surface area contributed by atoms with E-state index in [9.17, 15) is 19.2 Å². The van der Waals surface area contributed by atoms with Crippen LogP contribution in [0.15, 0.2) is 29.1 Å². The van der Waals surface area contributed by atoms with Crippen molar-refractivity contribution in [3.63, 3.8) is 0 Å². The molecule has 4 unspecified atom stereocenters. The van der Waals surface area contributed by atoms with Crippen molar-refractivity contribution >= 4 is 35.2 Å². The first-order chi connectivity index (χ1) is 21.5. The van der Waals surface area contributed by atoms with Crippen LogP contribution in [0.1, 0.15) is 57.2 Å². The molecular weight excluding hydrogens is 598 g/mol. The number of esters is 1. The van der Waals surface area contributed by atoms with Gasteiger partial charge in [-0.1, -0.05) is 26.3 Å². The lowest BCUT2D eigenvalue weighted by atomic mass is 9.95. The minimum atomic E-state index is -0.824. The van der Waals surface area contributed by atoms with Gasteiger partial charge in [0, 0.05) is 12.5 Å². The lowest BCUT2D eigenvalue weighted by Crippen LogP contribution is -2.51. The number of fused-ring (bicyclic) bond motifs is 3. The highest BCUT2D eigenvalue weighted by Gasteiger charge is 2.32. The average molecular weight is 644 g/mol. The molecule has 2 aromatic carbocycles. The van der Waals surface area contributed by atoms with E-state index in [0.29, 0.717) is 59.8 Å². The second kappa shape index (κ2) is 16.4. The Balaban J connectivity index is 2.18. The summed E-state index contributed by atoms with van der Waals surface area (Å²) in [6, 6.07) is 4.74. The van der Waals surface area contributed by atoms with Crippen LogP contribution in [0.4, 0.5) is 5.69 Å². The molecule has 3 rings (SSSR count). The smallest absolute Gasteiger partial charge is 0.328 e. The van der Waals surface area contributed by atoms with Gasteiger partial charge in [0.2, 0.25) is 23.0 Å². The summed E-state index contributed by atoms with van der Waals surface area (Å²) in [6.07, 6.45) is 4.09. The summed E-state index contributed by atoms with van der Waals surface area (Å²) in [5.74, 6) is 0.677. The van der Waals surface area contributed by atoms with Gasteiger partial charge < -0.3 is 34.9 Å². The molecule has 4 atom stereocenters. The summed E-state index contributed by atoms with van der Waals surface area (Å²) < 4.78 is 22.1. The summed E-state index contributed by atoms with van der Waals surface area (Å²) in [7, 11) is 5.91. The monoisotopic (exact) mass is 643 g/mol. The molecule has 0 fully saturated rings. The molecule has 0 bridgehead atoms. The Hall–Kier alpha value is -3.93. The van der Waals surface area contributed by atoms with Crippen LogP contribution in [0.5, 0.6) is 17.2 Å². The fourth-order valence-corrected chi connectivity index (χ4v) is 6.04. The number of amides is 2. The van der Waals surface area contributed by atoms with Gasteiger partial charge in [0.1, 0.15) is 12.1 Å². The number of ether oxygens (including phenoxy) is 4. The van der Waals surface area contributed by atoms with Crippen molar-refractivity contribution in [2.24, 2.45) is 5.92 Å². The lowest BCUT2D eigenvalue weighted by molar-refractivity contribution is -0.146. The number of hydrogen-bond donors (Lipinski definition) is 3. The van der Waals surface area contributed by atoms with Gasteiger partial charge in [0.15, 0.2) is 11.5 Å². The number of benzene rings is 1. The highest BCUT2D eigenvalue weighted by Crippen LogP contribution is 2.50. The number of carbonyl (C=O) groups is 3. The Bertz CT molecular complexity index is 1450. The zero-order chi connectivity index (χ0) is 33.3. The SMILES string of the molecule is CCC(C)C(NC(=O)C(CCSC)Nc1ccc2c(cc1=O)C(NC(C)=O)CCc1cc(OC)c(OC)c(OC)c1-2)C(=O)OC. The van der Waals surface area contributed by atoms with Gasteiger partial charge in [-0.15, -0.1) is 0 Å². The molecule has 0 saturated carbocycles. The number of methoxy groups -OCH3 is 4. The third-order valence-electron chi connectivity index (χ3n) is 8.14. The van der Waals surface area contributed by atoms with E-state index in [0.717, 1.165) is 11.1 Å². The molecular formula is C33H45N3O8S. The van der Waals surface area contributed by atoms with E-state index in [1.165, 1.54) is 27.2 Å². The molecule has 0 spiro atoms. The van der Waals surface area contributed by atoms with Crippen LogP contribution in [0.2, 0.25) is 0 Å². The topological polar surface area (TPSA) is 141 Å². The maximum Gasteiger partial charge on any atom is 0.328 e. The molecule has 1 aliphatic carbocycles. The predicted molar refractivity (Wildman–Crippen MR) is 176 cm³/mol. The summed E-state index contributed by atoms with van der Waals surface area (Å²) in [6.45, 7) is 5.24. The third-order valence-corrected chi connectivity index (χ3v) is 8.78. The number of thioether (sulfide) groups is 1. The third kappa shape index (κ3) is 8.22. The molecule has 3 N–H and O–H groups in total. The van der Waals surface area contributed by atoms with E-state index in [4.69, 9.17) is 18.9 Å². The van der Waals surface area contributed by atoms with Gasteiger partial charge in [0.25, 0.3) is 0 Å². The zero-order valence-electron chi connectivity index (χ0n) is 27.3. The van der Waals surface area contributed by atoms with Gasteiger partial charge in [0.05, 0.1) is 40.2 Å². The molecule has 45 heavy (non-hydrogen) atoms. The van der Waals surface area contributed by atoms with Gasteiger partial charge in [-0.05, 0) is 72.1 Å². The van der Waals surface area contributed by atoms with Crippen molar-refractivity contribution in [1.82, 2.24) is 10.6 Å². The van der Waals surface area contributed by atoms with Crippen molar-refractivity contribution in [3.05, 3.63) is 45.6 Å². The van der Waals surface area contributed by atoms with Gasteiger partial charge in [-0.2, -0.15) is 11.8 Å². The van der Waals surface area contributed by atoms with E-state index >= 15 is 0 Å². The Morgan fingerprint density at radius 1 is 1.04 bits per heavy atom. The van der Waals surface area contributed by atoms with Crippen LogP contribution in [0.3, 0.4) is 0 Å². The van der Waals surface area contributed by atoms with Crippen molar-refractivity contribution in [2.45, 2.75) is 64.6 Å². The zero-order valence-corrected chi connectivity index (χ0v) is 28.1. The number of aryl methyl sites for hydroxylation is 1. The number of rotatable bonds is 14. The second-order valence-electron chi connectivity index (χ2n) is 11.0. The summed E-state index contributed by atoms with van der Waals surface area (Å²) >= 11 is 1.57. The van der Waals surface area contributed by atoms with Crippen LogP contribution >= 0.6 is 11.8 Å². The Labute approximate surface area is 269 Å². The number of hydrogen-bond acceptors (Lipinski definition) is 10. The van der Waals surface area contributed by atoms with Gasteiger partial charge >= 0.3 is 5.97 Å². The Morgan fingerprint density at radius 3 is 2.33 bits per heavy atom. The first-order valence-electron chi connectivity index (χ1n) is 15.0. The van der Waals surface area contributed by atoms with Crippen molar-refractivity contribution in [2.75, 3.05) is 45.8 Å². The fraction of sp³-hybridized carbons (Fsp3) is 0.515. The fourth-order valence-electron chi connectivity index (χ4n) is 5.57. The first-order valence-corrected chi connectivity index (χ1v) is 16.4. The average Bonchev–Trinajstić information content (AvgIpc) is 3.27. The van der Waals surface area contributed by atoms with Crippen molar-refractivity contribution in [3.8, 4) is 28.4 Å². The van der Waals surface area contributed by atoms with Crippen LogP contribution in [-0.4, -0.2) is 70.3 Å². The second-order valence-corrected chi connectivity index (χ2v) is 12.0. The Kier molecular flexibility index (Phi) is 13.0. The van der Waals surface area contributed by atoms with E-state index < -0.39 is 30.0 Å². The molecule has 0 saturated heterocycles. The quantitative estimate of drug-likeness (QED) is 0.258. The molecule has 0 aliphatic heterocycles. The number of nitrogens with one attached hydrogen (secondary N) is 3. The lowest BCUT2D eigenvalue weighted by Gasteiger charge is -2.25. The predicted octanol–water partition coefficient (Wildman–Crippen LogP) is 4.10. The maximum absolute atomic E-state index is 13.8. The molecule has 0 radical (unpaired) electrons. The van der Waals surface area contributed by atoms with E-state index in [2.05, 4.69) is 16.0 Å². The largest absolute Gasteiger partial charge is 0.493 e. The molecule has 0 aromatic heterocycles. The minimum Gasteiger partial charge on any atom is -0.493 e. The molecule has 12 heteroatoms. The summed E-state index contributed by atoms with van der Waals surface area (Å²) in [5.41, 5.74) is 2.76. The molecule has 2 aromatic rings. The molecule has 246 valence electrons. The van der Waals surface area contributed by atoms with Crippen molar-refractivity contribution in [1.29, 1.82) is 0 Å². The molecule has 0 heterocycles. The van der Waals surface area contributed by atoms with Crippen LogP contribution < -0.4 is 35.6 Å². The van der Waals surface area contributed by atoms with Crippen LogP contribution in [0, 0.1) is 5.92 Å². The summed E-state index contributed by atoms with van der Waals surface area (Å²) in [4.78, 5) is 52.1. The number of carbonyl (C=O) groups excluding carboxylic acids is 3. The highest BCUT2D eigenvalue weighted by atomic mass is 32.2. The minimum absolute atomic E-state index is 0.153. The normalized spacial score (nSPS) is 15.6. The number of anilines is 1. The van der Waals surface area contributed by atoms with Crippen LogP contribution in [0.25, 0.3) is 11.1 Å². The standard InChI is InChI=1S/C33H45N3O8S/c1-9-18(2)29(33(40)44-7)36-32(39)25(14-15-45-8)35-24-13-11-21-22(17-26(24)38)23(34-19(3)37)12-10-20-16-27(41-4)30(42-5)31(43-6)28(20)21/h11,13,16-18,23,25,29H,9-10,12,14-15H2,1-8H3,(H,34,37)(H,35,38)(H,36,39). The van der Waals surface area contributed by atoms with Gasteiger partial charge in [-0.3, -0.25) is 14.4 Å². The highest BCUT2D eigenvalue weighted by molar-refractivity contribution is 7.98. The molecule has 1 aliphatic rings. The maximum atomic E-state index is 13.8. The van der Waals surface area contributed by atoms with Gasteiger partial charge in [-0.25, -0.2) is 4.79 Å². The molecule has 2 amide bonds.